The molecule has 0 fully saturated rings. The predicted molar refractivity (Wildman–Crippen MR) is 82.8 cm³/mol. The van der Waals surface area contributed by atoms with Crippen LogP contribution >= 0.6 is 11.8 Å². The highest BCUT2D eigenvalue weighted by Gasteiger charge is 2.23. The quantitative estimate of drug-likeness (QED) is 0.498. The fraction of sp³-hybridized carbons (Fsp3) is 0.286. The first-order valence-electron chi connectivity index (χ1n) is 6.59. The minimum absolute atomic E-state index is 0.0727. The van der Waals surface area contributed by atoms with Crippen molar-refractivity contribution in [2.45, 2.75) is 30.2 Å². The third-order valence-electron chi connectivity index (χ3n) is 2.75. The lowest BCUT2D eigenvalue weighted by Gasteiger charge is -2.07. The van der Waals surface area contributed by atoms with Gasteiger partial charge in [-0.15, -0.1) is 0 Å². The molecule has 0 spiro atoms. The maximum absolute atomic E-state index is 11.3. The molecule has 6 nitrogen and oxygen atoms in total. The number of anilines is 1. The second kappa shape index (κ2) is 7.03. The summed E-state index contributed by atoms with van der Waals surface area (Å²) in [6.07, 6.45) is 2.21. The highest BCUT2D eigenvalue weighted by atomic mass is 32.2. The lowest BCUT2D eigenvalue weighted by molar-refractivity contribution is -0.387. The average molecular weight is 304 g/mol. The van der Waals surface area contributed by atoms with Crippen LogP contribution in [-0.4, -0.2) is 21.4 Å². The molecule has 7 heteroatoms. The van der Waals surface area contributed by atoms with Crippen LogP contribution in [0.5, 0.6) is 0 Å². The summed E-state index contributed by atoms with van der Waals surface area (Å²) >= 11 is 1.27. The first-order valence-corrected chi connectivity index (χ1v) is 7.41. The Bertz CT molecular complexity index is 631. The number of aromatic nitrogens is 2. The van der Waals surface area contributed by atoms with Gasteiger partial charge in [0.25, 0.3) is 0 Å². The highest BCUT2D eigenvalue weighted by molar-refractivity contribution is 7.99. The standard InChI is InChI=1S/C14H16N4O2S/c1-3-8-15-13-12(18(19)20)14(17-9-16-13)21-11-6-4-10(2)5-7-11/h4-7,9H,3,8H2,1-2H3,(H,15,16,17). The molecule has 1 aromatic heterocycles. The monoisotopic (exact) mass is 304 g/mol. The zero-order valence-corrected chi connectivity index (χ0v) is 12.7. The number of benzene rings is 1. The molecule has 110 valence electrons. The Morgan fingerprint density at radius 2 is 2.00 bits per heavy atom. The summed E-state index contributed by atoms with van der Waals surface area (Å²) in [6.45, 7) is 4.61. The largest absolute Gasteiger partial charge is 0.364 e. The Morgan fingerprint density at radius 3 is 2.62 bits per heavy atom. The molecule has 0 atom stereocenters. The molecule has 0 bridgehead atoms. The van der Waals surface area contributed by atoms with Crippen LogP contribution in [0.25, 0.3) is 0 Å². The molecule has 1 heterocycles. The van der Waals surface area contributed by atoms with Crippen molar-refractivity contribution < 1.29 is 4.92 Å². The molecule has 1 aromatic carbocycles. The van der Waals surface area contributed by atoms with Crippen molar-refractivity contribution in [1.82, 2.24) is 9.97 Å². The second-order valence-corrected chi connectivity index (χ2v) is 5.54. The summed E-state index contributed by atoms with van der Waals surface area (Å²) < 4.78 is 0. The lowest BCUT2D eigenvalue weighted by atomic mass is 10.2. The maximum Gasteiger partial charge on any atom is 0.343 e. The van der Waals surface area contributed by atoms with E-state index < -0.39 is 4.92 Å². The summed E-state index contributed by atoms with van der Waals surface area (Å²) in [5, 5.41) is 14.6. The SMILES string of the molecule is CCCNc1ncnc(Sc2ccc(C)cc2)c1[N+](=O)[O-]. The van der Waals surface area contributed by atoms with E-state index in [1.165, 1.54) is 18.1 Å². The lowest BCUT2D eigenvalue weighted by Crippen LogP contribution is -2.07. The topological polar surface area (TPSA) is 81.0 Å². The normalized spacial score (nSPS) is 10.4. The van der Waals surface area contributed by atoms with Gasteiger partial charge in [-0.25, -0.2) is 9.97 Å². The van der Waals surface area contributed by atoms with E-state index in [9.17, 15) is 10.1 Å². The molecule has 0 aliphatic carbocycles. The van der Waals surface area contributed by atoms with E-state index in [1.807, 2.05) is 38.1 Å². The van der Waals surface area contributed by atoms with Gasteiger partial charge in [-0.05, 0) is 25.5 Å². The van der Waals surface area contributed by atoms with Crippen LogP contribution in [0.1, 0.15) is 18.9 Å². The smallest absolute Gasteiger partial charge is 0.343 e. The Labute approximate surface area is 127 Å². The average Bonchev–Trinajstić information content (AvgIpc) is 2.47. The zero-order chi connectivity index (χ0) is 15.2. The van der Waals surface area contributed by atoms with Crippen molar-refractivity contribution in [1.29, 1.82) is 0 Å². The number of nitro groups is 1. The summed E-state index contributed by atoms with van der Waals surface area (Å²) in [5.41, 5.74) is 1.07. The molecular formula is C14H16N4O2S. The van der Waals surface area contributed by atoms with Gasteiger partial charge in [0.15, 0.2) is 5.03 Å². The molecule has 0 unspecified atom stereocenters. The van der Waals surface area contributed by atoms with Gasteiger partial charge in [-0.3, -0.25) is 10.1 Å². The van der Waals surface area contributed by atoms with Gasteiger partial charge in [0.2, 0.25) is 5.82 Å². The Hall–Kier alpha value is -2.15. The molecule has 2 rings (SSSR count). The van der Waals surface area contributed by atoms with Crippen LogP contribution in [-0.2, 0) is 0 Å². The molecular weight excluding hydrogens is 288 g/mol. The number of hydrogen-bond donors (Lipinski definition) is 1. The summed E-state index contributed by atoms with van der Waals surface area (Å²) in [6, 6.07) is 7.77. The van der Waals surface area contributed by atoms with Crippen LogP contribution in [0.2, 0.25) is 0 Å². The van der Waals surface area contributed by atoms with Gasteiger partial charge in [0, 0.05) is 11.4 Å². The molecule has 1 N–H and O–H groups in total. The molecule has 2 aromatic rings. The molecule has 0 aliphatic rings. The van der Waals surface area contributed by atoms with E-state index >= 15 is 0 Å². The first kappa shape index (κ1) is 15.2. The van der Waals surface area contributed by atoms with Crippen molar-refractivity contribution in [3.63, 3.8) is 0 Å². The fourth-order valence-corrected chi connectivity index (χ4v) is 2.56. The van der Waals surface area contributed by atoms with Crippen molar-refractivity contribution in [3.05, 3.63) is 46.3 Å². The first-order chi connectivity index (χ1) is 10.1. The number of aryl methyl sites for hydroxylation is 1. The van der Waals surface area contributed by atoms with Crippen LogP contribution in [0.3, 0.4) is 0 Å². The molecule has 21 heavy (non-hydrogen) atoms. The van der Waals surface area contributed by atoms with Gasteiger partial charge in [-0.2, -0.15) is 0 Å². The highest BCUT2D eigenvalue weighted by Crippen LogP contribution is 2.36. The van der Waals surface area contributed by atoms with Gasteiger partial charge < -0.3 is 5.32 Å². The van der Waals surface area contributed by atoms with Crippen LogP contribution in [0.4, 0.5) is 11.5 Å². The number of rotatable bonds is 6. The second-order valence-electron chi connectivity index (χ2n) is 4.48. The molecule has 0 saturated carbocycles. The Balaban J connectivity index is 2.33. The fourth-order valence-electron chi connectivity index (χ4n) is 1.69. The Morgan fingerprint density at radius 1 is 1.29 bits per heavy atom. The van der Waals surface area contributed by atoms with Gasteiger partial charge in [0.1, 0.15) is 6.33 Å². The van der Waals surface area contributed by atoms with Crippen molar-refractivity contribution >= 4 is 23.3 Å². The molecule has 0 saturated heterocycles. The minimum Gasteiger partial charge on any atom is -0.364 e. The third-order valence-corrected chi connectivity index (χ3v) is 3.75. The Kier molecular flexibility index (Phi) is 5.10. The molecule has 0 radical (unpaired) electrons. The predicted octanol–water partition coefficient (Wildman–Crippen LogP) is 3.67. The van der Waals surface area contributed by atoms with Crippen molar-refractivity contribution in [2.75, 3.05) is 11.9 Å². The molecule has 0 amide bonds. The zero-order valence-electron chi connectivity index (χ0n) is 11.9. The van der Waals surface area contributed by atoms with E-state index in [1.54, 1.807) is 0 Å². The van der Waals surface area contributed by atoms with Crippen LogP contribution < -0.4 is 5.32 Å². The maximum atomic E-state index is 11.3. The summed E-state index contributed by atoms with van der Waals surface area (Å²) in [7, 11) is 0. The van der Waals surface area contributed by atoms with E-state index in [0.29, 0.717) is 11.6 Å². The van der Waals surface area contributed by atoms with Gasteiger partial charge >= 0.3 is 5.69 Å². The molecule has 0 aliphatic heterocycles. The van der Waals surface area contributed by atoms with E-state index in [0.717, 1.165) is 16.9 Å². The van der Waals surface area contributed by atoms with Crippen molar-refractivity contribution in [3.8, 4) is 0 Å². The summed E-state index contributed by atoms with van der Waals surface area (Å²) in [5.74, 6) is 0.270. The van der Waals surface area contributed by atoms with E-state index in [-0.39, 0.29) is 11.5 Å². The van der Waals surface area contributed by atoms with Crippen LogP contribution in [0, 0.1) is 17.0 Å². The van der Waals surface area contributed by atoms with E-state index in [2.05, 4.69) is 15.3 Å². The summed E-state index contributed by atoms with van der Waals surface area (Å²) in [4.78, 5) is 19.8. The third kappa shape index (κ3) is 3.91. The van der Waals surface area contributed by atoms with E-state index in [4.69, 9.17) is 0 Å². The van der Waals surface area contributed by atoms with Crippen molar-refractivity contribution in [2.24, 2.45) is 0 Å². The number of hydrogen-bond acceptors (Lipinski definition) is 6. The minimum atomic E-state index is -0.436. The van der Waals surface area contributed by atoms with Gasteiger partial charge in [-0.1, -0.05) is 36.4 Å². The number of nitrogens with one attached hydrogen (secondary N) is 1. The van der Waals surface area contributed by atoms with Crippen LogP contribution in [0.15, 0.2) is 40.5 Å². The van der Waals surface area contributed by atoms with Gasteiger partial charge in [0.05, 0.1) is 4.92 Å². The number of nitrogens with zero attached hydrogens (tertiary/aromatic N) is 3.